The molecule has 0 aliphatic carbocycles. The molecule has 0 heterocycles. The monoisotopic (exact) mass is 362 g/mol. The van der Waals surface area contributed by atoms with Crippen molar-refractivity contribution in [2.24, 2.45) is 0 Å². The van der Waals surface area contributed by atoms with Crippen LogP contribution in [-0.4, -0.2) is 18.9 Å². The minimum atomic E-state index is -0.500. The number of hydrogen-bond donors (Lipinski definition) is 0. The van der Waals surface area contributed by atoms with Crippen molar-refractivity contribution in [1.82, 2.24) is 0 Å². The van der Waals surface area contributed by atoms with Crippen molar-refractivity contribution in [2.75, 3.05) is 7.11 Å². The summed E-state index contributed by atoms with van der Waals surface area (Å²) in [6, 6.07) is 11.6. The Labute approximate surface area is 137 Å². The Hall–Kier alpha value is -2.14. The second-order valence-corrected chi connectivity index (χ2v) is 5.39. The minimum absolute atomic E-state index is 0.0495. The van der Waals surface area contributed by atoms with Crippen molar-refractivity contribution in [3.63, 3.8) is 0 Å². The maximum absolute atomic E-state index is 12.2. The molecule has 0 N–H and O–H groups in total. The molecular weight excluding hydrogens is 348 g/mol. The topological polar surface area (TPSA) is 52.6 Å². The van der Waals surface area contributed by atoms with Crippen LogP contribution in [0.15, 0.2) is 46.9 Å². The molecule has 0 saturated heterocycles. The first-order valence-corrected chi connectivity index (χ1v) is 7.53. The molecule has 0 atom stereocenters. The summed E-state index contributed by atoms with van der Waals surface area (Å²) in [7, 11) is 1.53. The molecule has 2 aromatic carbocycles. The summed E-state index contributed by atoms with van der Waals surface area (Å²) in [4.78, 5) is 23.8. The molecule has 0 unspecified atom stereocenters. The summed E-state index contributed by atoms with van der Waals surface area (Å²) >= 11 is 3.31. The molecule has 0 aliphatic rings. The summed E-state index contributed by atoms with van der Waals surface area (Å²) < 4.78 is 11.0. The Bertz CT molecular complexity index is 692. The Morgan fingerprint density at radius 2 is 1.68 bits per heavy atom. The molecule has 114 valence electrons. The SMILES string of the molecule is CCC(=O)c1ccc(OC(=O)c2cc(OC)ccc2Br)cc1. The number of halogens is 1. The zero-order valence-electron chi connectivity index (χ0n) is 12.3. The van der Waals surface area contributed by atoms with Gasteiger partial charge in [0.1, 0.15) is 11.5 Å². The number of ketones is 1. The van der Waals surface area contributed by atoms with Crippen molar-refractivity contribution in [3.8, 4) is 11.5 Å². The average molecular weight is 363 g/mol. The number of hydrogen-bond acceptors (Lipinski definition) is 4. The van der Waals surface area contributed by atoms with Gasteiger partial charge in [-0.25, -0.2) is 4.79 Å². The highest BCUT2D eigenvalue weighted by molar-refractivity contribution is 9.10. The largest absolute Gasteiger partial charge is 0.497 e. The predicted molar refractivity (Wildman–Crippen MR) is 86.7 cm³/mol. The fourth-order valence-corrected chi connectivity index (χ4v) is 2.27. The molecule has 2 rings (SSSR count). The molecular formula is C17H15BrO4. The van der Waals surface area contributed by atoms with E-state index in [0.717, 1.165) is 0 Å². The maximum Gasteiger partial charge on any atom is 0.344 e. The van der Waals surface area contributed by atoms with E-state index in [2.05, 4.69) is 15.9 Å². The molecule has 2 aromatic rings. The molecule has 0 fully saturated rings. The van der Waals surface area contributed by atoms with Gasteiger partial charge >= 0.3 is 5.97 Å². The van der Waals surface area contributed by atoms with Crippen LogP contribution in [0, 0.1) is 0 Å². The van der Waals surface area contributed by atoms with Gasteiger partial charge in [0.05, 0.1) is 12.7 Å². The van der Waals surface area contributed by atoms with Crippen molar-refractivity contribution in [3.05, 3.63) is 58.1 Å². The van der Waals surface area contributed by atoms with E-state index in [1.165, 1.54) is 7.11 Å². The van der Waals surface area contributed by atoms with E-state index in [0.29, 0.717) is 33.5 Å². The first kappa shape index (κ1) is 16.2. The fourth-order valence-electron chi connectivity index (χ4n) is 1.86. The highest BCUT2D eigenvalue weighted by atomic mass is 79.9. The fraction of sp³-hybridized carbons (Fsp3) is 0.176. The summed E-state index contributed by atoms with van der Waals surface area (Å²) in [6.45, 7) is 1.80. The summed E-state index contributed by atoms with van der Waals surface area (Å²) in [5, 5.41) is 0. The van der Waals surface area contributed by atoms with Crippen LogP contribution in [0.4, 0.5) is 0 Å². The highest BCUT2D eigenvalue weighted by Gasteiger charge is 2.14. The normalized spacial score (nSPS) is 10.1. The van der Waals surface area contributed by atoms with E-state index in [1.54, 1.807) is 49.4 Å². The zero-order chi connectivity index (χ0) is 16.1. The number of benzene rings is 2. The average Bonchev–Trinajstić information content (AvgIpc) is 2.55. The minimum Gasteiger partial charge on any atom is -0.497 e. The summed E-state index contributed by atoms with van der Waals surface area (Å²) in [6.07, 6.45) is 0.440. The van der Waals surface area contributed by atoms with E-state index in [4.69, 9.17) is 9.47 Å². The Balaban J connectivity index is 2.17. The van der Waals surface area contributed by atoms with Gasteiger partial charge in [0.25, 0.3) is 0 Å². The lowest BCUT2D eigenvalue weighted by Crippen LogP contribution is -2.09. The van der Waals surface area contributed by atoms with Crippen LogP contribution in [0.25, 0.3) is 0 Å². The van der Waals surface area contributed by atoms with E-state index in [9.17, 15) is 9.59 Å². The van der Waals surface area contributed by atoms with Crippen LogP contribution >= 0.6 is 15.9 Å². The first-order valence-electron chi connectivity index (χ1n) is 6.74. The number of Topliss-reactive ketones (excluding diaryl/α,β-unsaturated/α-hetero) is 1. The van der Waals surface area contributed by atoms with Gasteiger partial charge in [-0.2, -0.15) is 0 Å². The van der Waals surface area contributed by atoms with Crippen LogP contribution in [0.3, 0.4) is 0 Å². The number of methoxy groups -OCH3 is 1. The van der Waals surface area contributed by atoms with Gasteiger partial charge in [0.2, 0.25) is 0 Å². The molecule has 5 heteroatoms. The molecule has 0 bridgehead atoms. The Kier molecular flexibility index (Phi) is 5.33. The third-order valence-electron chi connectivity index (χ3n) is 3.10. The number of carbonyl (C=O) groups is 2. The van der Waals surface area contributed by atoms with Gasteiger partial charge in [-0.15, -0.1) is 0 Å². The Morgan fingerprint density at radius 1 is 1.05 bits per heavy atom. The van der Waals surface area contributed by atoms with Gasteiger partial charge < -0.3 is 9.47 Å². The second-order valence-electron chi connectivity index (χ2n) is 4.54. The van der Waals surface area contributed by atoms with Gasteiger partial charge in [0, 0.05) is 16.5 Å². The molecule has 4 nitrogen and oxygen atoms in total. The van der Waals surface area contributed by atoms with Gasteiger partial charge in [-0.05, 0) is 58.4 Å². The third-order valence-corrected chi connectivity index (χ3v) is 3.79. The van der Waals surface area contributed by atoms with Crippen LogP contribution in [-0.2, 0) is 0 Å². The quantitative estimate of drug-likeness (QED) is 0.452. The van der Waals surface area contributed by atoms with E-state index < -0.39 is 5.97 Å². The molecule has 0 spiro atoms. The first-order chi connectivity index (χ1) is 10.5. The number of carbonyl (C=O) groups excluding carboxylic acids is 2. The lowest BCUT2D eigenvalue weighted by Gasteiger charge is -2.08. The maximum atomic E-state index is 12.2. The zero-order valence-corrected chi connectivity index (χ0v) is 13.8. The number of ether oxygens (including phenoxy) is 2. The lowest BCUT2D eigenvalue weighted by atomic mass is 10.1. The molecule has 0 radical (unpaired) electrons. The lowest BCUT2D eigenvalue weighted by molar-refractivity contribution is 0.0733. The molecule has 0 saturated carbocycles. The Morgan fingerprint density at radius 3 is 2.27 bits per heavy atom. The highest BCUT2D eigenvalue weighted by Crippen LogP contribution is 2.24. The molecule has 0 aromatic heterocycles. The molecule has 0 aliphatic heterocycles. The van der Waals surface area contributed by atoms with E-state index >= 15 is 0 Å². The van der Waals surface area contributed by atoms with Gasteiger partial charge in [-0.1, -0.05) is 6.92 Å². The van der Waals surface area contributed by atoms with Crippen molar-refractivity contribution < 1.29 is 19.1 Å². The van der Waals surface area contributed by atoms with Crippen LogP contribution < -0.4 is 9.47 Å². The summed E-state index contributed by atoms with van der Waals surface area (Å²) in [5.41, 5.74) is 0.970. The van der Waals surface area contributed by atoms with Crippen molar-refractivity contribution in [1.29, 1.82) is 0 Å². The molecule has 22 heavy (non-hydrogen) atoms. The van der Waals surface area contributed by atoms with Gasteiger partial charge in [-0.3, -0.25) is 4.79 Å². The predicted octanol–water partition coefficient (Wildman–Crippen LogP) is 4.27. The molecule has 0 amide bonds. The smallest absolute Gasteiger partial charge is 0.344 e. The van der Waals surface area contributed by atoms with E-state index in [-0.39, 0.29) is 5.78 Å². The number of rotatable bonds is 5. The van der Waals surface area contributed by atoms with Crippen LogP contribution in [0.5, 0.6) is 11.5 Å². The van der Waals surface area contributed by atoms with Gasteiger partial charge in [0.15, 0.2) is 5.78 Å². The van der Waals surface area contributed by atoms with E-state index in [1.807, 2.05) is 0 Å². The van der Waals surface area contributed by atoms with Crippen LogP contribution in [0.1, 0.15) is 34.1 Å². The summed E-state index contributed by atoms with van der Waals surface area (Å²) in [5.74, 6) is 0.500. The standard InChI is InChI=1S/C17H15BrO4/c1-3-16(19)11-4-6-12(7-5-11)22-17(20)14-10-13(21-2)8-9-15(14)18/h4-10H,3H2,1-2H3. The van der Waals surface area contributed by atoms with Crippen molar-refractivity contribution >= 4 is 27.7 Å². The second kappa shape index (κ2) is 7.22. The van der Waals surface area contributed by atoms with Crippen molar-refractivity contribution in [2.45, 2.75) is 13.3 Å². The number of esters is 1. The van der Waals surface area contributed by atoms with Crippen LogP contribution in [0.2, 0.25) is 0 Å². The third kappa shape index (κ3) is 3.74.